The summed E-state index contributed by atoms with van der Waals surface area (Å²) in [6.45, 7) is 3.01. The summed E-state index contributed by atoms with van der Waals surface area (Å²) in [5.74, 6) is -0.179. The summed E-state index contributed by atoms with van der Waals surface area (Å²) < 4.78 is 0. The van der Waals surface area contributed by atoms with Crippen molar-refractivity contribution in [3.05, 3.63) is 34.9 Å². The highest BCUT2D eigenvalue weighted by molar-refractivity contribution is 5.77. The van der Waals surface area contributed by atoms with E-state index in [1.165, 1.54) is 16.7 Å². The van der Waals surface area contributed by atoms with E-state index >= 15 is 0 Å². The molecule has 0 radical (unpaired) electrons. The lowest BCUT2D eigenvalue weighted by molar-refractivity contribution is -0.135. The highest BCUT2D eigenvalue weighted by Gasteiger charge is 2.19. The number of rotatable bonds is 1. The quantitative estimate of drug-likeness (QED) is 0.739. The molecular formula is C12H15NO2. The molecule has 0 saturated carbocycles. The van der Waals surface area contributed by atoms with Gasteiger partial charge in [-0.2, -0.15) is 0 Å². The van der Waals surface area contributed by atoms with Crippen LogP contribution in [0, 0.1) is 6.92 Å². The van der Waals surface area contributed by atoms with E-state index in [9.17, 15) is 4.79 Å². The first-order chi connectivity index (χ1) is 7.20. The van der Waals surface area contributed by atoms with Gasteiger partial charge in [0.05, 0.1) is 0 Å². The Labute approximate surface area is 89.3 Å². The van der Waals surface area contributed by atoms with E-state index in [1.54, 1.807) is 4.90 Å². The summed E-state index contributed by atoms with van der Waals surface area (Å²) in [4.78, 5) is 13.0. The summed E-state index contributed by atoms with van der Waals surface area (Å²) in [6, 6.07) is 6.35. The second kappa shape index (κ2) is 4.03. The van der Waals surface area contributed by atoms with Gasteiger partial charge in [-0.05, 0) is 24.5 Å². The van der Waals surface area contributed by atoms with Crippen LogP contribution in [0.25, 0.3) is 0 Å². The molecule has 0 atom stereocenters. The maximum atomic E-state index is 11.3. The van der Waals surface area contributed by atoms with Crippen molar-refractivity contribution in [2.24, 2.45) is 0 Å². The van der Waals surface area contributed by atoms with E-state index in [1.807, 2.05) is 6.92 Å². The number of amides is 1. The van der Waals surface area contributed by atoms with E-state index < -0.39 is 0 Å². The van der Waals surface area contributed by atoms with Crippen molar-refractivity contribution in [1.29, 1.82) is 0 Å². The van der Waals surface area contributed by atoms with Crippen LogP contribution in [0.5, 0.6) is 0 Å². The lowest BCUT2D eigenvalue weighted by atomic mass is 9.98. The van der Waals surface area contributed by atoms with Crippen molar-refractivity contribution < 1.29 is 9.90 Å². The van der Waals surface area contributed by atoms with Gasteiger partial charge in [-0.15, -0.1) is 0 Å². The lowest BCUT2D eigenvalue weighted by Gasteiger charge is -2.28. The first-order valence-corrected chi connectivity index (χ1v) is 5.18. The molecule has 0 spiro atoms. The molecule has 1 amide bonds. The van der Waals surface area contributed by atoms with Crippen molar-refractivity contribution in [1.82, 2.24) is 4.90 Å². The van der Waals surface area contributed by atoms with Gasteiger partial charge in [-0.3, -0.25) is 4.79 Å². The second-order valence-electron chi connectivity index (χ2n) is 4.00. The van der Waals surface area contributed by atoms with Gasteiger partial charge in [-0.1, -0.05) is 23.8 Å². The average molecular weight is 205 g/mol. The minimum absolute atomic E-state index is 0.179. The Hall–Kier alpha value is -1.35. The number of carbonyl (C=O) groups excluding carboxylic acids is 1. The molecule has 0 fully saturated rings. The Kier molecular flexibility index (Phi) is 2.73. The Bertz CT molecular complexity index is 387. The predicted octanol–water partition coefficient (Wildman–Crippen LogP) is 0.872. The maximum absolute atomic E-state index is 11.3. The molecule has 3 nitrogen and oxygen atoms in total. The molecule has 0 aromatic heterocycles. The van der Waals surface area contributed by atoms with Crippen LogP contribution in [0.3, 0.4) is 0 Å². The van der Waals surface area contributed by atoms with Crippen LogP contribution in [-0.4, -0.2) is 29.1 Å². The van der Waals surface area contributed by atoms with Crippen LogP contribution < -0.4 is 0 Å². The molecule has 1 aliphatic heterocycles. The Morgan fingerprint density at radius 1 is 1.47 bits per heavy atom. The highest BCUT2D eigenvalue weighted by atomic mass is 16.3. The monoisotopic (exact) mass is 205 g/mol. The Morgan fingerprint density at radius 3 is 3.00 bits per heavy atom. The number of nitrogens with zero attached hydrogens (tertiary/aromatic N) is 1. The molecule has 0 aliphatic carbocycles. The van der Waals surface area contributed by atoms with E-state index in [4.69, 9.17) is 5.11 Å². The molecular weight excluding hydrogens is 190 g/mol. The molecule has 0 saturated heterocycles. The molecule has 2 rings (SSSR count). The topological polar surface area (TPSA) is 40.5 Å². The number of hydrogen-bond donors (Lipinski definition) is 1. The van der Waals surface area contributed by atoms with E-state index in [2.05, 4.69) is 18.2 Å². The third-order valence-corrected chi connectivity index (χ3v) is 2.86. The summed E-state index contributed by atoms with van der Waals surface area (Å²) in [6.07, 6.45) is 0.890. The fourth-order valence-corrected chi connectivity index (χ4v) is 2.00. The molecule has 1 aromatic carbocycles. The molecule has 3 heteroatoms. The number of aliphatic hydroxyl groups excluding tert-OH is 1. The molecule has 1 aromatic rings. The summed E-state index contributed by atoms with van der Waals surface area (Å²) in [5, 5.41) is 8.80. The van der Waals surface area contributed by atoms with Gasteiger partial charge < -0.3 is 10.0 Å². The van der Waals surface area contributed by atoms with Gasteiger partial charge in [0.1, 0.15) is 6.61 Å². The van der Waals surface area contributed by atoms with Crippen LogP contribution in [0.4, 0.5) is 0 Å². The third kappa shape index (κ3) is 2.02. The van der Waals surface area contributed by atoms with Crippen LogP contribution in [-0.2, 0) is 17.8 Å². The van der Waals surface area contributed by atoms with Gasteiger partial charge in [0.2, 0.25) is 5.91 Å². The number of fused-ring (bicyclic) bond motifs is 1. The third-order valence-electron chi connectivity index (χ3n) is 2.86. The number of carbonyl (C=O) groups is 1. The minimum atomic E-state index is -0.388. The van der Waals surface area contributed by atoms with Crippen molar-refractivity contribution >= 4 is 5.91 Å². The van der Waals surface area contributed by atoms with Crippen molar-refractivity contribution in [2.45, 2.75) is 19.9 Å². The summed E-state index contributed by atoms with van der Waals surface area (Å²) in [7, 11) is 0. The lowest BCUT2D eigenvalue weighted by Crippen LogP contribution is -2.37. The van der Waals surface area contributed by atoms with Crippen molar-refractivity contribution in [3.8, 4) is 0 Å². The van der Waals surface area contributed by atoms with Gasteiger partial charge in [0.15, 0.2) is 0 Å². The van der Waals surface area contributed by atoms with Gasteiger partial charge in [0.25, 0.3) is 0 Å². The number of benzene rings is 1. The normalized spacial score (nSPS) is 14.9. The van der Waals surface area contributed by atoms with Crippen LogP contribution in [0.15, 0.2) is 18.2 Å². The predicted molar refractivity (Wildman–Crippen MR) is 57.4 cm³/mol. The highest BCUT2D eigenvalue weighted by Crippen LogP contribution is 2.19. The minimum Gasteiger partial charge on any atom is -0.387 e. The van der Waals surface area contributed by atoms with Crippen molar-refractivity contribution in [2.75, 3.05) is 13.2 Å². The standard InChI is InChI=1S/C12H15NO2/c1-9-2-3-10-4-5-13(12(15)8-14)7-11(10)6-9/h2-3,6,14H,4-5,7-8H2,1H3. The van der Waals surface area contributed by atoms with Crippen LogP contribution in [0.1, 0.15) is 16.7 Å². The first kappa shape index (κ1) is 10.2. The van der Waals surface area contributed by atoms with Gasteiger partial charge in [0, 0.05) is 13.1 Å². The Morgan fingerprint density at radius 2 is 2.27 bits per heavy atom. The fraction of sp³-hybridized carbons (Fsp3) is 0.417. The van der Waals surface area contributed by atoms with Gasteiger partial charge >= 0.3 is 0 Å². The summed E-state index contributed by atoms with van der Waals surface area (Å²) >= 11 is 0. The van der Waals surface area contributed by atoms with Crippen LogP contribution >= 0.6 is 0 Å². The van der Waals surface area contributed by atoms with E-state index in [0.717, 1.165) is 13.0 Å². The molecule has 1 N–H and O–H groups in total. The number of hydrogen-bond acceptors (Lipinski definition) is 2. The van der Waals surface area contributed by atoms with E-state index in [0.29, 0.717) is 6.54 Å². The number of aryl methyl sites for hydroxylation is 1. The number of aliphatic hydroxyl groups is 1. The molecule has 1 heterocycles. The molecule has 0 bridgehead atoms. The molecule has 0 unspecified atom stereocenters. The average Bonchev–Trinajstić information content (AvgIpc) is 2.27. The Balaban J connectivity index is 2.22. The first-order valence-electron chi connectivity index (χ1n) is 5.18. The SMILES string of the molecule is Cc1ccc2c(c1)CN(C(=O)CO)CC2. The zero-order valence-electron chi connectivity index (χ0n) is 8.86. The van der Waals surface area contributed by atoms with Crippen molar-refractivity contribution in [3.63, 3.8) is 0 Å². The van der Waals surface area contributed by atoms with Gasteiger partial charge in [-0.25, -0.2) is 0 Å². The molecule has 80 valence electrons. The summed E-state index contributed by atoms with van der Waals surface area (Å²) in [5.41, 5.74) is 3.75. The smallest absolute Gasteiger partial charge is 0.248 e. The van der Waals surface area contributed by atoms with Crippen LogP contribution in [0.2, 0.25) is 0 Å². The second-order valence-corrected chi connectivity index (χ2v) is 4.00. The zero-order chi connectivity index (χ0) is 10.8. The molecule has 1 aliphatic rings. The maximum Gasteiger partial charge on any atom is 0.248 e. The zero-order valence-corrected chi connectivity index (χ0v) is 8.86. The largest absolute Gasteiger partial charge is 0.387 e. The fourth-order valence-electron chi connectivity index (χ4n) is 2.00. The van der Waals surface area contributed by atoms with E-state index in [-0.39, 0.29) is 12.5 Å². The molecule has 15 heavy (non-hydrogen) atoms.